The molecular formula is C23H16Cl2N2O3. The second-order valence-electron chi connectivity index (χ2n) is 7.15. The molecule has 3 aromatic carbocycles. The number of anilines is 2. The molecule has 0 radical (unpaired) electrons. The van der Waals surface area contributed by atoms with Crippen molar-refractivity contribution in [2.45, 2.75) is 12.1 Å². The number of carbonyl (C=O) groups is 2. The van der Waals surface area contributed by atoms with E-state index in [-0.39, 0.29) is 21.6 Å². The highest BCUT2D eigenvalue weighted by Crippen LogP contribution is 2.49. The Balaban J connectivity index is 1.61. The van der Waals surface area contributed by atoms with Crippen LogP contribution in [0.15, 0.2) is 78.9 Å². The molecule has 2 heterocycles. The average Bonchev–Trinajstić information content (AvgIpc) is 3.27. The SMILES string of the molecule is O=C1[C@H]2[C@@H](ON(c3ccccc3)[C@H]2c2ccccc2)C(=O)N1c1c(Cl)cccc1Cl. The standard InChI is InChI=1S/C23H16Cl2N2O3/c24-16-12-7-13-17(25)20(16)26-22(28)18-19(14-8-3-1-4-9-14)27(30-21(18)23(26)29)15-10-5-2-6-11-15/h1-13,18-19,21H/t18-,19+,21-/m1/s1. The lowest BCUT2D eigenvalue weighted by Gasteiger charge is -2.29. The maximum atomic E-state index is 13.5. The summed E-state index contributed by atoms with van der Waals surface area (Å²) in [6, 6.07) is 23.4. The van der Waals surface area contributed by atoms with E-state index in [1.807, 2.05) is 60.7 Å². The van der Waals surface area contributed by atoms with Crippen molar-refractivity contribution in [1.29, 1.82) is 0 Å². The van der Waals surface area contributed by atoms with E-state index < -0.39 is 24.0 Å². The Bertz CT molecular complexity index is 1100. The number of carbonyl (C=O) groups excluding carboxylic acids is 2. The first-order valence-electron chi connectivity index (χ1n) is 9.46. The summed E-state index contributed by atoms with van der Waals surface area (Å²) < 4.78 is 0. The number of hydrogen-bond acceptors (Lipinski definition) is 4. The molecule has 30 heavy (non-hydrogen) atoms. The number of amides is 2. The molecule has 3 atom stereocenters. The van der Waals surface area contributed by atoms with E-state index >= 15 is 0 Å². The van der Waals surface area contributed by atoms with Crippen LogP contribution in [0.3, 0.4) is 0 Å². The Morgan fingerprint density at radius 3 is 1.97 bits per heavy atom. The van der Waals surface area contributed by atoms with Crippen molar-refractivity contribution in [3.8, 4) is 0 Å². The van der Waals surface area contributed by atoms with Crippen molar-refractivity contribution < 1.29 is 14.4 Å². The Labute approximate surface area is 183 Å². The first kappa shape index (κ1) is 19.1. The van der Waals surface area contributed by atoms with Crippen LogP contribution in [-0.2, 0) is 14.4 Å². The second-order valence-corrected chi connectivity index (χ2v) is 7.97. The molecule has 0 bridgehead atoms. The molecular weight excluding hydrogens is 423 g/mol. The van der Waals surface area contributed by atoms with Crippen molar-refractivity contribution in [3.63, 3.8) is 0 Å². The molecule has 0 N–H and O–H groups in total. The van der Waals surface area contributed by atoms with Gasteiger partial charge >= 0.3 is 0 Å². The largest absolute Gasteiger partial charge is 0.273 e. The third kappa shape index (κ3) is 2.89. The molecule has 0 unspecified atom stereocenters. The van der Waals surface area contributed by atoms with E-state index in [9.17, 15) is 9.59 Å². The lowest BCUT2D eigenvalue weighted by Crippen LogP contribution is -2.37. The smallest absolute Gasteiger partial charge is 0.266 e. The molecule has 2 aliphatic heterocycles. The zero-order valence-electron chi connectivity index (χ0n) is 15.6. The number of halogens is 2. The lowest BCUT2D eigenvalue weighted by atomic mass is 9.90. The van der Waals surface area contributed by atoms with Gasteiger partial charge in [-0.1, -0.05) is 77.8 Å². The van der Waals surface area contributed by atoms with Gasteiger partial charge in [0.1, 0.15) is 5.92 Å². The topological polar surface area (TPSA) is 49.9 Å². The van der Waals surface area contributed by atoms with Crippen molar-refractivity contribution in [3.05, 3.63) is 94.5 Å². The molecule has 5 nitrogen and oxygen atoms in total. The maximum Gasteiger partial charge on any atom is 0.266 e. The number of hydroxylamine groups is 1. The fraction of sp³-hybridized carbons (Fsp3) is 0.130. The van der Waals surface area contributed by atoms with Gasteiger partial charge in [0.15, 0.2) is 6.10 Å². The number of benzene rings is 3. The summed E-state index contributed by atoms with van der Waals surface area (Å²) in [7, 11) is 0. The first-order chi connectivity index (χ1) is 14.6. The summed E-state index contributed by atoms with van der Waals surface area (Å²) in [5, 5.41) is 2.13. The third-order valence-corrected chi connectivity index (χ3v) is 6.04. The van der Waals surface area contributed by atoms with Gasteiger partial charge < -0.3 is 0 Å². The zero-order valence-corrected chi connectivity index (χ0v) is 17.1. The number of nitrogens with zero attached hydrogens (tertiary/aromatic N) is 2. The van der Waals surface area contributed by atoms with Gasteiger partial charge in [-0.2, -0.15) is 0 Å². The van der Waals surface area contributed by atoms with Crippen LogP contribution in [0.25, 0.3) is 0 Å². The predicted molar refractivity (Wildman–Crippen MR) is 115 cm³/mol. The van der Waals surface area contributed by atoms with E-state index in [0.29, 0.717) is 0 Å². The molecule has 7 heteroatoms. The molecule has 150 valence electrons. The average molecular weight is 439 g/mol. The summed E-state index contributed by atoms with van der Waals surface area (Å²) in [6.07, 6.45) is -0.963. The monoisotopic (exact) mass is 438 g/mol. The summed E-state index contributed by atoms with van der Waals surface area (Å²) >= 11 is 12.6. The third-order valence-electron chi connectivity index (χ3n) is 5.43. The van der Waals surface area contributed by atoms with Crippen LogP contribution in [-0.4, -0.2) is 17.9 Å². The van der Waals surface area contributed by atoms with E-state index in [1.165, 1.54) is 0 Å². The van der Waals surface area contributed by atoms with Crippen molar-refractivity contribution in [2.24, 2.45) is 5.92 Å². The van der Waals surface area contributed by atoms with Gasteiger partial charge in [-0.25, -0.2) is 9.96 Å². The number of imide groups is 1. The maximum absolute atomic E-state index is 13.5. The molecule has 2 fully saturated rings. The Morgan fingerprint density at radius 2 is 1.33 bits per heavy atom. The molecule has 0 spiro atoms. The van der Waals surface area contributed by atoms with Gasteiger partial charge in [-0.05, 0) is 29.8 Å². The minimum atomic E-state index is -0.963. The van der Waals surface area contributed by atoms with E-state index in [1.54, 1.807) is 23.3 Å². The molecule has 2 amide bonds. The molecule has 2 aliphatic rings. The van der Waals surface area contributed by atoms with E-state index in [2.05, 4.69) is 0 Å². The second kappa shape index (κ2) is 7.43. The molecule has 0 saturated carbocycles. The zero-order chi connectivity index (χ0) is 20.8. The first-order valence-corrected chi connectivity index (χ1v) is 10.2. The summed E-state index contributed by atoms with van der Waals surface area (Å²) in [5.74, 6) is -1.58. The fourth-order valence-corrected chi connectivity index (χ4v) is 4.69. The van der Waals surface area contributed by atoms with Crippen LogP contribution >= 0.6 is 23.2 Å². The minimum absolute atomic E-state index is 0.201. The molecule has 5 rings (SSSR count). The summed E-state index contributed by atoms with van der Waals surface area (Å²) in [6.45, 7) is 0. The van der Waals surface area contributed by atoms with Gasteiger partial charge in [0.05, 0.1) is 27.5 Å². The van der Waals surface area contributed by atoms with Crippen LogP contribution in [0, 0.1) is 5.92 Å². The Morgan fingerprint density at radius 1 is 0.733 bits per heavy atom. The Hall–Kier alpha value is -2.86. The van der Waals surface area contributed by atoms with Crippen LogP contribution in [0.1, 0.15) is 11.6 Å². The van der Waals surface area contributed by atoms with Gasteiger partial charge in [-0.15, -0.1) is 0 Å². The molecule has 0 aliphatic carbocycles. The van der Waals surface area contributed by atoms with Gasteiger partial charge in [-0.3, -0.25) is 14.4 Å². The van der Waals surface area contributed by atoms with Crippen LogP contribution in [0.4, 0.5) is 11.4 Å². The van der Waals surface area contributed by atoms with Gasteiger partial charge in [0.2, 0.25) is 5.91 Å². The molecule has 0 aromatic heterocycles. The highest BCUT2D eigenvalue weighted by molar-refractivity contribution is 6.42. The van der Waals surface area contributed by atoms with Gasteiger partial charge in [0, 0.05) is 0 Å². The van der Waals surface area contributed by atoms with Crippen LogP contribution < -0.4 is 9.96 Å². The lowest BCUT2D eigenvalue weighted by molar-refractivity contribution is -0.126. The number of fused-ring (bicyclic) bond motifs is 1. The molecule has 3 aromatic rings. The van der Waals surface area contributed by atoms with Crippen LogP contribution in [0.5, 0.6) is 0 Å². The Kier molecular flexibility index (Phi) is 4.74. The van der Waals surface area contributed by atoms with Gasteiger partial charge in [0.25, 0.3) is 5.91 Å². The van der Waals surface area contributed by atoms with E-state index in [4.69, 9.17) is 28.0 Å². The van der Waals surface area contributed by atoms with Crippen molar-refractivity contribution >= 4 is 46.4 Å². The highest BCUT2D eigenvalue weighted by Gasteiger charge is 2.60. The van der Waals surface area contributed by atoms with Crippen molar-refractivity contribution in [2.75, 3.05) is 9.96 Å². The summed E-state index contributed by atoms with van der Waals surface area (Å²) in [4.78, 5) is 34.0. The fourth-order valence-electron chi connectivity index (χ4n) is 4.13. The predicted octanol–water partition coefficient (Wildman–Crippen LogP) is 5.04. The summed E-state index contributed by atoms with van der Waals surface area (Å²) in [5.41, 5.74) is 1.85. The highest BCUT2D eigenvalue weighted by atomic mass is 35.5. The quantitative estimate of drug-likeness (QED) is 0.537. The molecule has 2 saturated heterocycles. The number of para-hydroxylation sites is 2. The minimum Gasteiger partial charge on any atom is -0.273 e. The van der Waals surface area contributed by atoms with Crippen LogP contribution in [0.2, 0.25) is 10.0 Å². The number of rotatable bonds is 3. The van der Waals surface area contributed by atoms with E-state index in [0.717, 1.165) is 16.2 Å². The normalized spacial score (nSPS) is 23.2. The van der Waals surface area contributed by atoms with Crippen molar-refractivity contribution in [1.82, 2.24) is 0 Å². The number of hydrogen-bond donors (Lipinski definition) is 0.